The van der Waals surface area contributed by atoms with Crippen molar-refractivity contribution in [3.8, 4) is 16.9 Å². The Labute approximate surface area is 145 Å². The first-order valence-electron chi connectivity index (χ1n) is 7.87. The minimum Gasteiger partial charge on any atom is -0.383 e. The van der Waals surface area contributed by atoms with Gasteiger partial charge in [0, 0.05) is 19.2 Å². The second kappa shape index (κ2) is 7.72. The number of carbonyl (C=O) groups is 1. The Morgan fingerprint density at radius 1 is 1.16 bits per heavy atom. The second-order valence-corrected chi connectivity index (χ2v) is 5.42. The fraction of sp³-hybridized carbons (Fsp3) is 0.158. The van der Waals surface area contributed by atoms with Crippen molar-refractivity contribution >= 4 is 5.91 Å². The van der Waals surface area contributed by atoms with Gasteiger partial charge in [-0.1, -0.05) is 30.3 Å². The van der Waals surface area contributed by atoms with Gasteiger partial charge in [0.1, 0.15) is 11.5 Å². The highest BCUT2D eigenvalue weighted by molar-refractivity contribution is 5.94. The lowest BCUT2D eigenvalue weighted by molar-refractivity contribution is 0.0929. The molecule has 1 amide bonds. The number of benzene rings is 2. The molecule has 0 saturated heterocycles. The number of aromatic nitrogens is 2. The summed E-state index contributed by atoms with van der Waals surface area (Å²) in [4.78, 5) is 12.5. The highest BCUT2D eigenvalue weighted by atomic mass is 19.1. The SMILES string of the molecule is COCCNC(=O)c1cc(-c2ccccc2)nn1-c1ccc(F)cc1. The summed E-state index contributed by atoms with van der Waals surface area (Å²) < 4.78 is 19.7. The number of rotatable bonds is 6. The summed E-state index contributed by atoms with van der Waals surface area (Å²) in [6.45, 7) is 0.812. The molecular formula is C19H18FN3O2. The van der Waals surface area contributed by atoms with Crippen LogP contribution in [-0.2, 0) is 4.74 Å². The monoisotopic (exact) mass is 339 g/mol. The standard InChI is InChI=1S/C19H18FN3O2/c1-25-12-11-21-19(24)18-13-17(14-5-3-2-4-6-14)22-23(18)16-9-7-15(20)8-10-16/h2-10,13H,11-12H2,1H3,(H,21,24). The predicted octanol–water partition coefficient (Wildman–Crippen LogP) is 3.05. The molecule has 0 fully saturated rings. The molecule has 0 atom stereocenters. The lowest BCUT2D eigenvalue weighted by Crippen LogP contribution is -2.28. The molecule has 0 saturated carbocycles. The van der Waals surface area contributed by atoms with E-state index in [1.165, 1.54) is 16.8 Å². The molecule has 5 nitrogen and oxygen atoms in total. The Bertz CT molecular complexity index is 845. The number of halogens is 1. The van der Waals surface area contributed by atoms with Crippen molar-refractivity contribution in [2.45, 2.75) is 0 Å². The number of hydrogen-bond donors (Lipinski definition) is 1. The van der Waals surface area contributed by atoms with Gasteiger partial charge in [0.05, 0.1) is 18.0 Å². The van der Waals surface area contributed by atoms with Crippen molar-refractivity contribution in [2.24, 2.45) is 0 Å². The molecule has 6 heteroatoms. The summed E-state index contributed by atoms with van der Waals surface area (Å²) in [5.41, 5.74) is 2.55. The van der Waals surface area contributed by atoms with Crippen molar-refractivity contribution in [1.82, 2.24) is 15.1 Å². The number of carbonyl (C=O) groups excluding carboxylic acids is 1. The van der Waals surface area contributed by atoms with Crippen molar-refractivity contribution in [2.75, 3.05) is 20.3 Å². The topological polar surface area (TPSA) is 56.1 Å². The van der Waals surface area contributed by atoms with Crippen LogP contribution in [0, 0.1) is 5.82 Å². The molecule has 0 unspecified atom stereocenters. The summed E-state index contributed by atoms with van der Waals surface area (Å²) in [6, 6.07) is 17.1. The summed E-state index contributed by atoms with van der Waals surface area (Å²) >= 11 is 0. The van der Waals surface area contributed by atoms with E-state index in [4.69, 9.17) is 4.74 Å². The first-order chi connectivity index (χ1) is 12.2. The van der Waals surface area contributed by atoms with Crippen LogP contribution in [-0.4, -0.2) is 35.9 Å². The third kappa shape index (κ3) is 3.92. The summed E-state index contributed by atoms with van der Waals surface area (Å²) in [6.07, 6.45) is 0. The summed E-state index contributed by atoms with van der Waals surface area (Å²) in [5, 5.41) is 7.32. The zero-order valence-corrected chi connectivity index (χ0v) is 13.8. The van der Waals surface area contributed by atoms with E-state index in [0.29, 0.717) is 30.2 Å². The van der Waals surface area contributed by atoms with Crippen molar-refractivity contribution in [3.05, 3.63) is 72.2 Å². The molecular weight excluding hydrogens is 321 g/mol. The minimum atomic E-state index is -0.342. The first kappa shape index (κ1) is 16.9. The fourth-order valence-electron chi connectivity index (χ4n) is 2.43. The average Bonchev–Trinajstić information content (AvgIpc) is 3.09. The van der Waals surface area contributed by atoms with E-state index in [1.807, 2.05) is 30.3 Å². The van der Waals surface area contributed by atoms with E-state index in [0.717, 1.165) is 5.56 Å². The minimum absolute atomic E-state index is 0.268. The van der Waals surface area contributed by atoms with Gasteiger partial charge in [-0.3, -0.25) is 4.79 Å². The van der Waals surface area contributed by atoms with Crippen LogP contribution in [0.25, 0.3) is 16.9 Å². The van der Waals surface area contributed by atoms with Crippen molar-refractivity contribution in [3.63, 3.8) is 0 Å². The Morgan fingerprint density at radius 3 is 2.56 bits per heavy atom. The number of ether oxygens (including phenoxy) is 1. The Morgan fingerprint density at radius 2 is 1.88 bits per heavy atom. The maximum absolute atomic E-state index is 13.2. The lowest BCUT2D eigenvalue weighted by Gasteiger charge is -2.08. The van der Waals surface area contributed by atoms with E-state index < -0.39 is 0 Å². The zero-order chi connectivity index (χ0) is 17.6. The molecule has 0 aliphatic rings. The van der Waals surface area contributed by atoms with Gasteiger partial charge in [0.2, 0.25) is 0 Å². The molecule has 1 aromatic heterocycles. The first-order valence-corrected chi connectivity index (χ1v) is 7.87. The highest BCUT2D eigenvalue weighted by Gasteiger charge is 2.17. The number of methoxy groups -OCH3 is 1. The molecule has 25 heavy (non-hydrogen) atoms. The Hall–Kier alpha value is -2.99. The van der Waals surface area contributed by atoms with Crippen molar-refractivity contribution < 1.29 is 13.9 Å². The van der Waals surface area contributed by atoms with Gasteiger partial charge in [-0.2, -0.15) is 5.10 Å². The summed E-state index contributed by atoms with van der Waals surface area (Å²) in [5.74, 6) is -0.610. The smallest absolute Gasteiger partial charge is 0.270 e. The number of nitrogens with zero attached hydrogens (tertiary/aromatic N) is 2. The van der Waals surface area contributed by atoms with Crippen LogP contribution in [0.15, 0.2) is 60.7 Å². The van der Waals surface area contributed by atoms with E-state index in [2.05, 4.69) is 10.4 Å². The molecule has 1 N–H and O–H groups in total. The number of amides is 1. The molecule has 0 radical (unpaired) electrons. The van der Waals surface area contributed by atoms with Gasteiger partial charge in [-0.15, -0.1) is 0 Å². The van der Waals surface area contributed by atoms with Gasteiger partial charge < -0.3 is 10.1 Å². The quantitative estimate of drug-likeness (QED) is 0.702. The molecule has 0 aliphatic heterocycles. The van der Waals surface area contributed by atoms with Crippen LogP contribution in [0.2, 0.25) is 0 Å². The largest absolute Gasteiger partial charge is 0.383 e. The van der Waals surface area contributed by atoms with E-state index in [9.17, 15) is 9.18 Å². The molecule has 0 spiro atoms. The highest BCUT2D eigenvalue weighted by Crippen LogP contribution is 2.21. The molecule has 3 aromatic rings. The average molecular weight is 339 g/mol. The van der Waals surface area contributed by atoms with Crippen LogP contribution < -0.4 is 5.32 Å². The zero-order valence-electron chi connectivity index (χ0n) is 13.8. The van der Waals surface area contributed by atoms with E-state index in [-0.39, 0.29) is 11.7 Å². The van der Waals surface area contributed by atoms with Crippen LogP contribution in [0.3, 0.4) is 0 Å². The van der Waals surface area contributed by atoms with Crippen LogP contribution in [0.5, 0.6) is 0 Å². The van der Waals surface area contributed by atoms with Gasteiger partial charge in [-0.25, -0.2) is 9.07 Å². The van der Waals surface area contributed by atoms with Crippen LogP contribution >= 0.6 is 0 Å². The summed E-state index contributed by atoms with van der Waals surface area (Å²) in [7, 11) is 1.57. The normalized spacial score (nSPS) is 10.6. The lowest BCUT2D eigenvalue weighted by atomic mass is 10.1. The Balaban J connectivity index is 2.00. The van der Waals surface area contributed by atoms with E-state index in [1.54, 1.807) is 25.3 Å². The van der Waals surface area contributed by atoms with Crippen LogP contribution in [0.1, 0.15) is 10.5 Å². The van der Waals surface area contributed by atoms with Gasteiger partial charge in [0.25, 0.3) is 5.91 Å². The van der Waals surface area contributed by atoms with Gasteiger partial charge >= 0.3 is 0 Å². The van der Waals surface area contributed by atoms with Crippen molar-refractivity contribution in [1.29, 1.82) is 0 Å². The number of hydrogen-bond acceptors (Lipinski definition) is 3. The maximum Gasteiger partial charge on any atom is 0.270 e. The predicted molar refractivity (Wildman–Crippen MR) is 93.2 cm³/mol. The van der Waals surface area contributed by atoms with Gasteiger partial charge in [-0.05, 0) is 30.3 Å². The Kier molecular flexibility index (Phi) is 5.20. The second-order valence-electron chi connectivity index (χ2n) is 5.42. The molecule has 128 valence electrons. The molecule has 0 aliphatic carbocycles. The maximum atomic E-state index is 13.2. The fourth-order valence-corrected chi connectivity index (χ4v) is 2.43. The van der Waals surface area contributed by atoms with E-state index >= 15 is 0 Å². The number of nitrogens with one attached hydrogen (secondary N) is 1. The molecule has 3 rings (SSSR count). The molecule has 1 heterocycles. The third-order valence-corrected chi connectivity index (χ3v) is 3.67. The van der Waals surface area contributed by atoms with Crippen LogP contribution in [0.4, 0.5) is 4.39 Å². The molecule has 2 aromatic carbocycles. The third-order valence-electron chi connectivity index (χ3n) is 3.67. The van der Waals surface area contributed by atoms with Gasteiger partial charge in [0.15, 0.2) is 0 Å². The molecule has 0 bridgehead atoms.